The molecule has 0 aliphatic rings. The first-order chi connectivity index (χ1) is 18.6. The summed E-state index contributed by atoms with van der Waals surface area (Å²) in [4.78, 5) is 0. The molecule has 2 atom stereocenters. The molecule has 0 bridgehead atoms. The van der Waals surface area contributed by atoms with E-state index in [1.807, 2.05) is 36.4 Å². The highest BCUT2D eigenvalue weighted by Gasteiger charge is 2.22. The van der Waals surface area contributed by atoms with Crippen LogP contribution in [0.25, 0.3) is 12.2 Å². The number of rotatable bonds is 8. The second kappa shape index (κ2) is 13.8. The summed E-state index contributed by atoms with van der Waals surface area (Å²) in [6.07, 6.45) is 7.44. The molecule has 200 valence electrons. The SMILES string of the molecule is Fc1ccc(C(C=Cc2cccc(Cl)c2Cl)SC(/C=C\c2cccc(Cl)c2Cl)c2ccc(F)cc2Cl)c(Cl)c1. The molecule has 0 saturated heterocycles. The molecule has 2 unspecified atom stereocenters. The Bertz CT molecular complexity index is 1440. The average Bonchev–Trinajstić information content (AvgIpc) is 2.89. The Morgan fingerprint density at radius 1 is 0.538 bits per heavy atom. The first-order valence-electron chi connectivity index (χ1n) is 11.4. The van der Waals surface area contributed by atoms with Gasteiger partial charge in [0.25, 0.3) is 0 Å². The molecule has 4 aromatic rings. The lowest BCUT2D eigenvalue weighted by molar-refractivity contribution is 0.627. The Labute approximate surface area is 260 Å². The van der Waals surface area contributed by atoms with Gasteiger partial charge in [0, 0.05) is 10.0 Å². The van der Waals surface area contributed by atoms with Crippen LogP contribution in [0.15, 0.2) is 84.9 Å². The fraction of sp³-hybridized carbons (Fsp3) is 0.0667. The molecular weight excluding hydrogens is 643 g/mol. The van der Waals surface area contributed by atoms with Crippen molar-refractivity contribution in [2.75, 3.05) is 0 Å². The van der Waals surface area contributed by atoms with E-state index in [4.69, 9.17) is 69.6 Å². The summed E-state index contributed by atoms with van der Waals surface area (Å²) in [5.74, 6) is -0.911. The first kappa shape index (κ1) is 30.3. The van der Waals surface area contributed by atoms with E-state index < -0.39 is 22.1 Å². The molecular formula is C30H18Cl6F2S. The van der Waals surface area contributed by atoms with E-state index in [0.717, 1.165) is 0 Å². The molecule has 0 fully saturated rings. The van der Waals surface area contributed by atoms with E-state index in [2.05, 4.69) is 0 Å². The van der Waals surface area contributed by atoms with Crippen LogP contribution in [0.4, 0.5) is 8.78 Å². The number of halogens is 8. The molecule has 4 aromatic carbocycles. The highest BCUT2D eigenvalue weighted by Crippen LogP contribution is 2.47. The van der Waals surface area contributed by atoms with Crippen LogP contribution in [-0.2, 0) is 0 Å². The van der Waals surface area contributed by atoms with Crippen LogP contribution in [0.2, 0.25) is 30.1 Å². The van der Waals surface area contributed by atoms with Gasteiger partial charge in [0.1, 0.15) is 11.6 Å². The molecule has 0 amide bonds. The lowest BCUT2D eigenvalue weighted by Crippen LogP contribution is -2.00. The number of hydrogen-bond donors (Lipinski definition) is 0. The van der Waals surface area contributed by atoms with Crippen molar-refractivity contribution in [2.24, 2.45) is 0 Å². The molecule has 9 heteroatoms. The summed E-state index contributed by atoms with van der Waals surface area (Å²) in [5, 5.41) is 1.33. The van der Waals surface area contributed by atoms with Gasteiger partial charge in [0.15, 0.2) is 0 Å². The normalized spacial score (nSPS) is 13.3. The van der Waals surface area contributed by atoms with Crippen LogP contribution in [0.3, 0.4) is 0 Å². The Balaban J connectivity index is 1.80. The van der Waals surface area contributed by atoms with Crippen LogP contribution < -0.4 is 0 Å². The molecule has 0 aliphatic carbocycles. The van der Waals surface area contributed by atoms with E-state index in [9.17, 15) is 8.78 Å². The zero-order valence-corrected chi connectivity index (χ0v) is 25.2. The molecule has 0 saturated carbocycles. The number of thioether (sulfide) groups is 1. The quantitative estimate of drug-likeness (QED) is 0.181. The van der Waals surface area contributed by atoms with Gasteiger partial charge in [0.05, 0.1) is 30.6 Å². The third-order valence-electron chi connectivity index (χ3n) is 5.70. The molecule has 0 aromatic heterocycles. The van der Waals surface area contributed by atoms with Gasteiger partial charge in [-0.15, -0.1) is 11.8 Å². The van der Waals surface area contributed by atoms with Crippen molar-refractivity contribution in [3.8, 4) is 0 Å². The summed E-state index contributed by atoms with van der Waals surface area (Å²) in [7, 11) is 0. The maximum atomic E-state index is 13.9. The Morgan fingerprint density at radius 3 is 1.33 bits per heavy atom. The third kappa shape index (κ3) is 7.74. The van der Waals surface area contributed by atoms with Crippen molar-refractivity contribution in [1.29, 1.82) is 0 Å². The molecule has 0 aliphatic heterocycles. The van der Waals surface area contributed by atoms with E-state index in [1.165, 1.54) is 36.0 Å². The Morgan fingerprint density at radius 2 is 0.949 bits per heavy atom. The second-order valence-electron chi connectivity index (χ2n) is 8.31. The minimum Gasteiger partial charge on any atom is -0.207 e. The lowest BCUT2D eigenvalue weighted by atomic mass is 10.1. The summed E-state index contributed by atoms with van der Waals surface area (Å²) in [6.45, 7) is 0. The maximum Gasteiger partial charge on any atom is 0.124 e. The second-order valence-corrected chi connectivity index (χ2v) is 12.0. The summed E-state index contributed by atoms with van der Waals surface area (Å²) < 4.78 is 27.9. The van der Waals surface area contributed by atoms with Gasteiger partial charge in [-0.3, -0.25) is 0 Å². The van der Waals surface area contributed by atoms with Crippen LogP contribution in [0.1, 0.15) is 32.8 Å². The summed E-state index contributed by atoms with van der Waals surface area (Å²) in [5.41, 5.74) is 2.72. The van der Waals surface area contributed by atoms with Crippen molar-refractivity contribution in [2.45, 2.75) is 10.5 Å². The molecule has 0 heterocycles. The molecule has 39 heavy (non-hydrogen) atoms. The molecule has 0 N–H and O–H groups in total. The third-order valence-corrected chi connectivity index (χ3v) is 9.43. The fourth-order valence-corrected chi connectivity index (χ4v) is 6.55. The van der Waals surface area contributed by atoms with Crippen molar-refractivity contribution < 1.29 is 8.78 Å². The average molecular weight is 661 g/mol. The van der Waals surface area contributed by atoms with Gasteiger partial charge in [-0.1, -0.05) is 130 Å². The number of hydrogen-bond acceptors (Lipinski definition) is 1. The maximum absolute atomic E-state index is 13.9. The minimum absolute atomic E-state index is 0.250. The highest BCUT2D eigenvalue weighted by atomic mass is 35.5. The van der Waals surface area contributed by atoms with E-state index in [-0.39, 0.29) is 10.0 Å². The van der Waals surface area contributed by atoms with Crippen molar-refractivity contribution in [1.82, 2.24) is 0 Å². The topological polar surface area (TPSA) is 0 Å². The molecule has 0 radical (unpaired) electrons. The van der Waals surface area contributed by atoms with Gasteiger partial charge in [0.2, 0.25) is 0 Å². The van der Waals surface area contributed by atoms with Crippen molar-refractivity contribution >= 4 is 93.5 Å². The van der Waals surface area contributed by atoms with Gasteiger partial charge < -0.3 is 0 Å². The summed E-state index contributed by atoms with van der Waals surface area (Å²) >= 11 is 39.6. The largest absolute Gasteiger partial charge is 0.207 e. The predicted molar refractivity (Wildman–Crippen MR) is 167 cm³/mol. The van der Waals surface area contributed by atoms with Crippen LogP contribution >= 0.6 is 81.4 Å². The lowest BCUT2D eigenvalue weighted by Gasteiger charge is -2.22. The van der Waals surface area contributed by atoms with E-state index >= 15 is 0 Å². The monoisotopic (exact) mass is 658 g/mol. The Kier molecular flexibility index (Phi) is 10.7. The highest BCUT2D eigenvalue weighted by molar-refractivity contribution is 8.00. The van der Waals surface area contributed by atoms with Crippen molar-refractivity contribution in [3.05, 3.63) is 149 Å². The first-order valence-corrected chi connectivity index (χ1v) is 14.6. The zero-order chi connectivity index (χ0) is 28.1. The van der Waals surface area contributed by atoms with E-state index in [0.29, 0.717) is 42.3 Å². The van der Waals surface area contributed by atoms with Gasteiger partial charge in [-0.2, -0.15) is 0 Å². The Hall–Kier alpha value is -1.69. The smallest absolute Gasteiger partial charge is 0.124 e. The predicted octanol–water partition coefficient (Wildman–Crippen LogP) is 12.8. The summed E-state index contributed by atoms with van der Waals surface area (Å²) in [6, 6.07) is 19.1. The zero-order valence-electron chi connectivity index (χ0n) is 19.8. The van der Waals surface area contributed by atoms with Crippen LogP contribution in [0, 0.1) is 11.6 Å². The van der Waals surface area contributed by atoms with Crippen LogP contribution in [-0.4, -0.2) is 0 Å². The van der Waals surface area contributed by atoms with Crippen LogP contribution in [0.5, 0.6) is 0 Å². The molecule has 0 spiro atoms. The van der Waals surface area contributed by atoms with Gasteiger partial charge in [-0.05, 0) is 58.7 Å². The molecule has 4 rings (SSSR count). The van der Waals surface area contributed by atoms with Gasteiger partial charge >= 0.3 is 0 Å². The number of benzene rings is 4. The standard InChI is InChI=1S/C30H18Cl6F2S/c31-23-5-1-3-17(29(23)35)7-13-27(21-11-9-19(37)15-25(21)33)39-28(22-12-10-20(38)16-26(22)34)14-8-18-4-2-6-24(32)30(18)36/h1-16,27-28H/b13-7-,14-8?. The van der Waals surface area contributed by atoms with Gasteiger partial charge in [-0.25, -0.2) is 8.78 Å². The van der Waals surface area contributed by atoms with Crippen molar-refractivity contribution in [3.63, 3.8) is 0 Å². The fourth-order valence-electron chi connectivity index (χ4n) is 3.75. The minimum atomic E-state index is -0.456. The molecule has 0 nitrogen and oxygen atoms in total. The van der Waals surface area contributed by atoms with E-state index in [1.54, 1.807) is 36.4 Å².